The number of fused-ring (bicyclic) bond motifs is 1. The van der Waals surface area contributed by atoms with Crippen molar-refractivity contribution in [3.8, 4) is 23.1 Å². The molecule has 0 unspecified atom stereocenters. The minimum absolute atomic E-state index is 0.110. The van der Waals surface area contributed by atoms with Crippen LogP contribution in [0.2, 0.25) is 0 Å². The van der Waals surface area contributed by atoms with Crippen molar-refractivity contribution < 1.29 is 19.3 Å². The summed E-state index contributed by atoms with van der Waals surface area (Å²) in [6.45, 7) is 7.94. The summed E-state index contributed by atoms with van der Waals surface area (Å²) in [7, 11) is 3.29. The summed E-state index contributed by atoms with van der Waals surface area (Å²) in [6, 6.07) is 22.0. The van der Waals surface area contributed by atoms with E-state index in [0.29, 0.717) is 18.1 Å². The number of aromatic hydroxyl groups is 1. The number of hydrogen-bond acceptors (Lipinski definition) is 6. The lowest BCUT2D eigenvalue weighted by atomic mass is 10.0. The van der Waals surface area contributed by atoms with E-state index in [1.807, 2.05) is 59.2 Å². The highest BCUT2D eigenvalue weighted by Crippen LogP contribution is 2.40. The Kier molecular flexibility index (Phi) is 8.47. The third-order valence-corrected chi connectivity index (χ3v) is 7.76. The van der Waals surface area contributed by atoms with E-state index < -0.39 is 0 Å². The highest BCUT2D eigenvalue weighted by Gasteiger charge is 2.24. The van der Waals surface area contributed by atoms with E-state index in [2.05, 4.69) is 35.1 Å². The second-order valence-electron chi connectivity index (χ2n) is 9.95. The van der Waals surface area contributed by atoms with Gasteiger partial charge in [-0.05, 0) is 61.3 Å². The predicted molar refractivity (Wildman–Crippen MR) is 157 cm³/mol. The second-order valence-corrected chi connectivity index (χ2v) is 9.95. The minimum atomic E-state index is -0.110. The molecule has 39 heavy (non-hydrogen) atoms. The van der Waals surface area contributed by atoms with E-state index in [-0.39, 0.29) is 11.9 Å². The maximum absolute atomic E-state index is 11.5. The Labute approximate surface area is 231 Å². The monoisotopic (exact) mass is 529 g/mol. The number of rotatable bonds is 11. The van der Waals surface area contributed by atoms with E-state index >= 15 is 0 Å². The molecule has 5 rings (SSSR count). The number of aromatic nitrogens is 1. The number of benzene rings is 3. The van der Waals surface area contributed by atoms with Crippen LogP contribution in [-0.4, -0.2) is 68.1 Å². The molecule has 1 N–H and O–H groups in total. The summed E-state index contributed by atoms with van der Waals surface area (Å²) < 4.78 is 19.1. The van der Waals surface area contributed by atoms with Gasteiger partial charge in [0.1, 0.15) is 5.75 Å². The molecule has 4 aromatic rings. The summed E-state index contributed by atoms with van der Waals surface area (Å²) in [6.07, 6.45) is 3.71. The third-order valence-electron chi connectivity index (χ3n) is 7.76. The molecule has 0 spiro atoms. The zero-order valence-electron chi connectivity index (χ0n) is 23.2. The van der Waals surface area contributed by atoms with Gasteiger partial charge in [0.15, 0.2) is 17.4 Å². The molecule has 206 valence electrons. The zero-order valence-corrected chi connectivity index (χ0v) is 23.2. The van der Waals surface area contributed by atoms with Crippen LogP contribution in [0.25, 0.3) is 10.8 Å². The van der Waals surface area contributed by atoms with Crippen LogP contribution in [0.15, 0.2) is 72.9 Å². The van der Waals surface area contributed by atoms with Crippen molar-refractivity contribution in [1.29, 1.82) is 0 Å². The lowest BCUT2D eigenvalue weighted by Crippen LogP contribution is -2.46. The van der Waals surface area contributed by atoms with Gasteiger partial charge < -0.3 is 33.7 Å². The first-order valence-electron chi connectivity index (χ1n) is 13.8. The fraction of sp³-hybridized carbons (Fsp3) is 0.375. The first-order chi connectivity index (χ1) is 19.1. The van der Waals surface area contributed by atoms with Gasteiger partial charge in [-0.1, -0.05) is 37.3 Å². The Hall–Kier alpha value is -3.84. The second kappa shape index (κ2) is 12.3. The molecule has 0 bridgehead atoms. The number of piperazine rings is 1. The van der Waals surface area contributed by atoms with Gasteiger partial charge in [0, 0.05) is 48.8 Å². The lowest BCUT2D eigenvalue weighted by molar-refractivity contribution is 0.271. The van der Waals surface area contributed by atoms with Gasteiger partial charge in [-0.15, -0.1) is 0 Å². The molecule has 1 saturated heterocycles. The van der Waals surface area contributed by atoms with Crippen molar-refractivity contribution in [2.75, 3.05) is 58.5 Å². The Bertz CT molecular complexity index is 1360. The molecule has 0 aliphatic carbocycles. The zero-order chi connectivity index (χ0) is 27.2. The van der Waals surface area contributed by atoms with Gasteiger partial charge in [0.25, 0.3) is 0 Å². The molecular formula is C32H39N3O4. The number of likely N-dealkylation sites (N-methyl/N-ethyl adjacent to an activating group) is 1. The van der Waals surface area contributed by atoms with Crippen molar-refractivity contribution in [2.24, 2.45) is 0 Å². The normalized spacial score (nSPS) is 14.9. The van der Waals surface area contributed by atoms with E-state index in [0.717, 1.165) is 67.7 Å². The summed E-state index contributed by atoms with van der Waals surface area (Å²) in [5.74, 6) is 2.50. The molecule has 7 heteroatoms. The average molecular weight is 530 g/mol. The maximum atomic E-state index is 11.5. The molecule has 1 atom stereocenters. The number of hydrogen-bond donors (Lipinski definition) is 1. The van der Waals surface area contributed by atoms with Crippen LogP contribution in [0, 0.1) is 0 Å². The molecule has 1 aromatic heterocycles. The summed E-state index contributed by atoms with van der Waals surface area (Å²) in [5, 5.41) is 13.5. The Morgan fingerprint density at radius 1 is 0.846 bits per heavy atom. The van der Waals surface area contributed by atoms with Crippen LogP contribution in [0.4, 0.5) is 5.69 Å². The topological polar surface area (TPSA) is 59.3 Å². The first-order valence-corrected chi connectivity index (χ1v) is 13.8. The summed E-state index contributed by atoms with van der Waals surface area (Å²) in [5.41, 5.74) is 2.22. The molecule has 1 aliphatic heterocycles. The number of methoxy groups -OCH3 is 2. The molecule has 0 radical (unpaired) electrons. The van der Waals surface area contributed by atoms with E-state index in [1.165, 1.54) is 5.69 Å². The summed E-state index contributed by atoms with van der Waals surface area (Å²) >= 11 is 0. The molecule has 3 aromatic carbocycles. The van der Waals surface area contributed by atoms with Crippen LogP contribution in [-0.2, 0) is 0 Å². The van der Waals surface area contributed by atoms with Gasteiger partial charge in [-0.25, -0.2) is 0 Å². The predicted octanol–water partition coefficient (Wildman–Crippen LogP) is 5.95. The third kappa shape index (κ3) is 5.78. The summed E-state index contributed by atoms with van der Waals surface area (Å²) in [4.78, 5) is 4.92. The smallest absolute Gasteiger partial charge is 0.199 e. The molecule has 2 heterocycles. The standard InChI is InChI=1S/C32H39N3O4/c1-4-33-17-19-34(20-18-33)29-13-8-12-26-27(29)23-35(32(26)36)28(14-9-21-39-25-10-6-5-7-11-25)24-15-16-30(37-2)31(22-24)38-3/h5-8,10-13,15-16,22-23,28,36H,4,9,14,17-21H2,1-3H3/t28-/m1/s1. The van der Waals surface area contributed by atoms with E-state index in [1.54, 1.807) is 14.2 Å². The van der Waals surface area contributed by atoms with Crippen LogP contribution in [0.5, 0.6) is 23.1 Å². The number of ether oxygens (including phenoxy) is 3. The van der Waals surface area contributed by atoms with E-state index in [4.69, 9.17) is 14.2 Å². The molecule has 7 nitrogen and oxygen atoms in total. The van der Waals surface area contributed by atoms with Crippen molar-refractivity contribution in [1.82, 2.24) is 9.47 Å². The van der Waals surface area contributed by atoms with Crippen LogP contribution < -0.4 is 19.1 Å². The molecule has 1 aliphatic rings. The van der Waals surface area contributed by atoms with Crippen molar-refractivity contribution in [3.63, 3.8) is 0 Å². The Balaban J connectivity index is 1.47. The number of para-hydroxylation sites is 1. The highest BCUT2D eigenvalue weighted by molar-refractivity contribution is 5.98. The molecule has 1 fully saturated rings. The maximum Gasteiger partial charge on any atom is 0.199 e. The van der Waals surface area contributed by atoms with Crippen molar-refractivity contribution in [2.45, 2.75) is 25.8 Å². The van der Waals surface area contributed by atoms with Crippen LogP contribution >= 0.6 is 0 Å². The Morgan fingerprint density at radius 2 is 1.62 bits per heavy atom. The largest absolute Gasteiger partial charge is 0.494 e. The average Bonchev–Trinajstić information content (AvgIpc) is 3.33. The van der Waals surface area contributed by atoms with Crippen molar-refractivity contribution >= 4 is 16.5 Å². The fourth-order valence-corrected chi connectivity index (χ4v) is 5.55. The van der Waals surface area contributed by atoms with Gasteiger partial charge >= 0.3 is 0 Å². The van der Waals surface area contributed by atoms with Crippen LogP contribution in [0.1, 0.15) is 31.4 Å². The van der Waals surface area contributed by atoms with Gasteiger partial charge in [0.05, 0.1) is 26.9 Å². The highest BCUT2D eigenvalue weighted by atomic mass is 16.5. The van der Waals surface area contributed by atoms with Crippen molar-refractivity contribution in [3.05, 3.63) is 78.5 Å². The number of anilines is 1. The lowest BCUT2D eigenvalue weighted by Gasteiger charge is -2.35. The van der Waals surface area contributed by atoms with Gasteiger partial charge in [-0.2, -0.15) is 0 Å². The molecule has 0 amide bonds. The molecule has 0 saturated carbocycles. The fourth-order valence-electron chi connectivity index (χ4n) is 5.55. The van der Waals surface area contributed by atoms with E-state index in [9.17, 15) is 5.11 Å². The minimum Gasteiger partial charge on any atom is -0.494 e. The SMILES string of the molecule is CCN1CCN(c2cccc3c(O)n([C@H](CCCOc4ccccc4)c4ccc(OC)c(OC)c4)cc23)CC1. The molecular weight excluding hydrogens is 490 g/mol. The quantitative estimate of drug-likeness (QED) is 0.242. The Morgan fingerprint density at radius 3 is 2.33 bits per heavy atom. The number of nitrogens with zero attached hydrogens (tertiary/aromatic N) is 3. The van der Waals surface area contributed by atoms with Crippen LogP contribution in [0.3, 0.4) is 0 Å². The van der Waals surface area contributed by atoms with Gasteiger partial charge in [0.2, 0.25) is 0 Å². The van der Waals surface area contributed by atoms with Gasteiger partial charge in [-0.3, -0.25) is 0 Å². The first kappa shape index (κ1) is 26.8.